The molecule has 1 fully saturated rings. The average molecular weight is 406 g/mol. The van der Waals surface area contributed by atoms with Crippen molar-refractivity contribution in [2.45, 2.75) is 59.2 Å². The molecule has 0 aromatic heterocycles. The van der Waals surface area contributed by atoms with Crippen LogP contribution in [0.1, 0.15) is 69.4 Å². The Morgan fingerprint density at radius 2 is 1.37 bits per heavy atom. The van der Waals surface area contributed by atoms with Gasteiger partial charge in [0, 0.05) is 0 Å². The summed E-state index contributed by atoms with van der Waals surface area (Å²) >= 11 is 0. The Bertz CT molecular complexity index is 898. The van der Waals surface area contributed by atoms with Crippen molar-refractivity contribution in [3.63, 3.8) is 0 Å². The molecule has 0 N–H and O–H groups in total. The molecule has 3 rings (SSSR count). The molecule has 5 heteroatoms. The summed E-state index contributed by atoms with van der Waals surface area (Å²) in [6.07, 6.45) is 0.822. The SMILES string of the molecule is CCOC(=O)c1ccc(/C(B2OC(C)(C)C(C)(C)O2)=C(\CC)c2ccccc2)cc1. The van der Waals surface area contributed by atoms with Crippen molar-refractivity contribution in [3.05, 3.63) is 71.3 Å². The van der Waals surface area contributed by atoms with Crippen LogP contribution in [0, 0.1) is 0 Å². The van der Waals surface area contributed by atoms with E-state index in [1.54, 1.807) is 19.1 Å². The summed E-state index contributed by atoms with van der Waals surface area (Å²) in [5.74, 6) is -0.316. The van der Waals surface area contributed by atoms with Crippen molar-refractivity contribution >= 4 is 24.1 Å². The molecule has 2 aromatic rings. The first kappa shape index (κ1) is 22.3. The molecule has 0 saturated carbocycles. The predicted octanol–water partition coefficient (Wildman–Crippen LogP) is 5.82. The van der Waals surface area contributed by atoms with Crippen molar-refractivity contribution in [2.24, 2.45) is 0 Å². The second-order valence-corrected chi connectivity index (χ2v) is 8.50. The highest BCUT2D eigenvalue weighted by molar-refractivity contribution is 6.71. The first-order valence-corrected chi connectivity index (χ1v) is 10.6. The third kappa shape index (κ3) is 4.37. The Balaban J connectivity index is 2.12. The molecule has 1 aliphatic heterocycles. The lowest BCUT2D eigenvalue weighted by molar-refractivity contribution is 0.00578. The third-order valence-corrected chi connectivity index (χ3v) is 6.00. The van der Waals surface area contributed by atoms with E-state index in [9.17, 15) is 4.79 Å². The molecule has 0 atom stereocenters. The number of carbonyl (C=O) groups is 1. The molecule has 0 amide bonds. The lowest BCUT2D eigenvalue weighted by Gasteiger charge is -2.32. The number of benzene rings is 2. The number of hydrogen-bond acceptors (Lipinski definition) is 4. The normalized spacial score (nSPS) is 18.1. The monoisotopic (exact) mass is 406 g/mol. The van der Waals surface area contributed by atoms with Crippen molar-refractivity contribution < 1.29 is 18.8 Å². The quantitative estimate of drug-likeness (QED) is 0.345. The molecule has 1 aliphatic rings. The van der Waals surface area contributed by atoms with Crippen LogP contribution in [-0.2, 0) is 14.0 Å². The van der Waals surface area contributed by atoms with Gasteiger partial charge in [-0.25, -0.2) is 4.79 Å². The second-order valence-electron chi connectivity index (χ2n) is 8.50. The van der Waals surface area contributed by atoms with Gasteiger partial charge in [0.1, 0.15) is 0 Å². The number of carbonyl (C=O) groups excluding carboxylic acids is 1. The van der Waals surface area contributed by atoms with Crippen molar-refractivity contribution in [1.29, 1.82) is 0 Å². The highest BCUT2D eigenvalue weighted by atomic mass is 16.7. The first-order chi connectivity index (χ1) is 14.2. The van der Waals surface area contributed by atoms with Crippen LogP contribution in [0.25, 0.3) is 11.0 Å². The van der Waals surface area contributed by atoms with Crippen LogP contribution >= 0.6 is 0 Å². The number of ether oxygens (including phenoxy) is 1. The van der Waals surface area contributed by atoms with Crippen LogP contribution in [0.4, 0.5) is 0 Å². The van der Waals surface area contributed by atoms with Crippen molar-refractivity contribution in [3.8, 4) is 0 Å². The number of hydrogen-bond donors (Lipinski definition) is 0. The van der Waals surface area contributed by atoms with Crippen LogP contribution < -0.4 is 0 Å². The lowest BCUT2D eigenvalue weighted by atomic mass is 9.69. The molecule has 0 bridgehead atoms. The predicted molar refractivity (Wildman–Crippen MR) is 122 cm³/mol. The zero-order chi connectivity index (χ0) is 21.9. The molecule has 2 aromatic carbocycles. The van der Waals surface area contributed by atoms with Crippen LogP contribution in [-0.4, -0.2) is 30.9 Å². The summed E-state index contributed by atoms with van der Waals surface area (Å²) in [5, 5.41) is 0. The summed E-state index contributed by atoms with van der Waals surface area (Å²) < 4.78 is 18.0. The van der Waals surface area contributed by atoms with E-state index in [1.165, 1.54) is 0 Å². The molecular weight excluding hydrogens is 375 g/mol. The van der Waals surface area contributed by atoms with Gasteiger partial charge in [0.15, 0.2) is 0 Å². The lowest BCUT2D eigenvalue weighted by Crippen LogP contribution is -2.41. The van der Waals surface area contributed by atoms with Crippen molar-refractivity contribution in [1.82, 2.24) is 0 Å². The van der Waals surface area contributed by atoms with Gasteiger partial charge in [-0.1, -0.05) is 49.4 Å². The Morgan fingerprint density at radius 1 is 0.833 bits per heavy atom. The van der Waals surface area contributed by atoms with E-state index >= 15 is 0 Å². The fraction of sp³-hybridized carbons (Fsp3) is 0.400. The Morgan fingerprint density at radius 3 is 1.87 bits per heavy atom. The van der Waals surface area contributed by atoms with Gasteiger partial charge in [-0.15, -0.1) is 0 Å². The number of allylic oxidation sites excluding steroid dienone is 1. The maximum Gasteiger partial charge on any atom is 0.495 e. The van der Waals surface area contributed by atoms with Crippen molar-refractivity contribution in [2.75, 3.05) is 6.61 Å². The second kappa shape index (κ2) is 8.79. The van der Waals surface area contributed by atoms with E-state index in [1.807, 2.05) is 30.3 Å². The Hall–Kier alpha value is -2.37. The molecule has 1 saturated heterocycles. The molecule has 30 heavy (non-hydrogen) atoms. The Labute approximate surface area is 180 Å². The van der Waals surface area contributed by atoms with Crippen LogP contribution in [0.5, 0.6) is 0 Å². The van der Waals surface area contributed by atoms with Gasteiger partial charge in [-0.3, -0.25) is 0 Å². The van der Waals surface area contributed by atoms with E-state index in [-0.39, 0.29) is 5.97 Å². The highest BCUT2D eigenvalue weighted by Crippen LogP contribution is 2.43. The van der Waals surface area contributed by atoms with Crippen LogP contribution in [0.3, 0.4) is 0 Å². The summed E-state index contributed by atoms with van der Waals surface area (Å²) in [4.78, 5) is 12.1. The van der Waals surface area contributed by atoms with Gasteiger partial charge in [-0.2, -0.15) is 0 Å². The van der Waals surface area contributed by atoms with Gasteiger partial charge < -0.3 is 14.0 Å². The van der Waals surface area contributed by atoms with E-state index in [0.29, 0.717) is 12.2 Å². The molecule has 158 valence electrons. The average Bonchev–Trinajstić information content (AvgIpc) is 2.93. The third-order valence-electron chi connectivity index (χ3n) is 6.00. The first-order valence-electron chi connectivity index (χ1n) is 10.6. The topological polar surface area (TPSA) is 44.8 Å². The minimum absolute atomic E-state index is 0.316. The van der Waals surface area contributed by atoms with Gasteiger partial charge in [0.25, 0.3) is 0 Å². The van der Waals surface area contributed by atoms with Crippen LogP contribution in [0.15, 0.2) is 54.6 Å². The zero-order valence-electron chi connectivity index (χ0n) is 18.8. The van der Waals surface area contributed by atoms with Gasteiger partial charge in [0.2, 0.25) is 0 Å². The summed E-state index contributed by atoms with van der Waals surface area (Å²) in [6.45, 7) is 12.5. The fourth-order valence-corrected chi connectivity index (χ4v) is 3.60. The summed E-state index contributed by atoms with van der Waals surface area (Å²) in [5.41, 5.74) is 3.93. The van der Waals surface area contributed by atoms with E-state index in [2.05, 4.69) is 46.8 Å². The van der Waals surface area contributed by atoms with E-state index in [0.717, 1.165) is 28.6 Å². The Kier molecular flexibility index (Phi) is 6.54. The molecule has 4 nitrogen and oxygen atoms in total. The van der Waals surface area contributed by atoms with Crippen LogP contribution in [0.2, 0.25) is 0 Å². The number of rotatable bonds is 6. The fourth-order valence-electron chi connectivity index (χ4n) is 3.60. The summed E-state index contributed by atoms with van der Waals surface area (Å²) in [7, 11) is -0.501. The minimum Gasteiger partial charge on any atom is -0.462 e. The standard InChI is InChI=1S/C25H31BO4/c1-7-21(18-12-10-9-11-13-18)22(26-29-24(3,4)25(5,6)30-26)19-14-16-20(17-15-19)23(27)28-8-2/h9-17H,7-8H2,1-6H3/b22-21-. The largest absolute Gasteiger partial charge is 0.495 e. The summed E-state index contributed by atoms with van der Waals surface area (Å²) in [6, 6.07) is 17.8. The molecule has 0 aliphatic carbocycles. The van der Waals surface area contributed by atoms with Gasteiger partial charge in [-0.05, 0) is 75.3 Å². The maximum absolute atomic E-state index is 12.1. The highest BCUT2D eigenvalue weighted by Gasteiger charge is 2.53. The van der Waals surface area contributed by atoms with E-state index < -0.39 is 18.3 Å². The molecule has 0 radical (unpaired) electrons. The molecular formula is C25H31BO4. The maximum atomic E-state index is 12.1. The molecule has 0 unspecified atom stereocenters. The molecule has 0 spiro atoms. The zero-order valence-corrected chi connectivity index (χ0v) is 18.8. The van der Waals surface area contributed by atoms with E-state index in [4.69, 9.17) is 14.0 Å². The molecule has 1 heterocycles. The van der Waals surface area contributed by atoms with Gasteiger partial charge >= 0.3 is 13.1 Å². The van der Waals surface area contributed by atoms with Gasteiger partial charge in [0.05, 0.1) is 23.4 Å². The smallest absolute Gasteiger partial charge is 0.462 e. The number of esters is 1. The minimum atomic E-state index is -0.501.